The molecule has 6 bridgehead atoms. The molecule has 19 nitrogen and oxygen atoms in total. The number of phenols is 1. The number of nitroso groups, excluding NO2 is 1. The molecule has 3 amide bonds. The van der Waals surface area contributed by atoms with E-state index in [0.717, 1.165) is 46.2 Å². The molecule has 372 valence electrons. The molecule has 4 aromatic rings. The minimum absolute atomic E-state index is 0.0403. The Morgan fingerprint density at radius 2 is 1.89 bits per heavy atom. The summed E-state index contributed by atoms with van der Waals surface area (Å²) in [6, 6.07) is 9.06. The highest BCUT2D eigenvalue weighted by molar-refractivity contribution is 5.94. The summed E-state index contributed by atoms with van der Waals surface area (Å²) in [5.74, 6) is 3.32. The van der Waals surface area contributed by atoms with Gasteiger partial charge in [0.2, 0.25) is 5.91 Å². The van der Waals surface area contributed by atoms with Gasteiger partial charge < -0.3 is 33.9 Å². The summed E-state index contributed by atoms with van der Waals surface area (Å²) in [4.78, 5) is 84.5. The summed E-state index contributed by atoms with van der Waals surface area (Å²) in [5, 5.41) is 17.0. The Morgan fingerprint density at radius 1 is 1.09 bits per heavy atom. The van der Waals surface area contributed by atoms with E-state index >= 15 is 0 Å². The first-order valence-electron chi connectivity index (χ1n) is 24.2. The molecule has 70 heavy (non-hydrogen) atoms. The SMILES string of the molecule is COCc1ncccc1-c1nc2ccc3cn2c1CC(C)(C)COC(=O)[C@@H]1CCCN(N1)C(=O)C(NC(=O)[C@H](C(C)C)N(C)[N+](=O)[C@H]1CCN(C(=O)C#CCN2CCOCC2)C1)Cc1cc(O)cc-3c1. The fourth-order valence-corrected chi connectivity index (χ4v) is 9.84. The standard InChI is InChI=1S/C51H64N10O9/c1-33(2)47(56(5)61(67)37-15-19-58(30-37)45(63)12-9-17-57-20-22-69-23-21-57)48(64)53-41-26-34-24-36(27-38(62)25-34)35-13-14-44-54-46(39-10-7-16-52-42(39)31-68-6)43(59(44)29-35)28-51(3,4)32-70-50(66)40-11-8-18-60(55-40)49(41)65/h7,10,13-14,16,24-25,27,29,33,37,40-41,47,55H,8,11,15,17-23,26,28,30-32H2,1-6H3,(H-,53,62,64)/p+1/t37-,40-,41?,47-/m0/s1. The van der Waals surface area contributed by atoms with Crippen molar-refractivity contribution in [2.24, 2.45) is 11.3 Å². The number of pyridine rings is 2. The van der Waals surface area contributed by atoms with Gasteiger partial charge in [-0.15, -0.1) is 5.01 Å². The van der Waals surface area contributed by atoms with E-state index in [9.17, 15) is 29.2 Å². The summed E-state index contributed by atoms with van der Waals surface area (Å²) in [6.45, 7) is 12.0. The van der Waals surface area contributed by atoms with Crippen LogP contribution in [0.4, 0.5) is 0 Å². The first-order chi connectivity index (χ1) is 33.6. The van der Waals surface area contributed by atoms with Crippen LogP contribution in [0.5, 0.6) is 5.75 Å². The quantitative estimate of drug-likeness (QED) is 0.0906. The number of methoxy groups -OCH3 is 1. The molecule has 1 unspecified atom stereocenters. The maximum Gasteiger partial charge on any atom is 0.324 e. The predicted octanol–water partition coefficient (Wildman–Crippen LogP) is 3.15. The van der Waals surface area contributed by atoms with Gasteiger partial charge in [-0.1, -0.05) is 39.7 Å². The van der Waals surface area contributed by atoms with E-state index in [1.165, 1.54) is 10.0 Å². The number of likely N-dealkylation sites (N-methyl/N-ethyl adjacent to an activating group) is 1. The van der Waals surface area contributed by atoms with Gasteiger partial charge in [-0.2, -0.15) is 0 Å². The van der Waals surface area contributed by atoms with Gasteiger partial charge in [0.05, 0.1) is 68.6 Å². The number of carbonyl (C=O) groups excluding carboxylic acids is 4. The Hall–Kier alpha value is -6.46. The monoisotopic (exact) mass is 961 g/mol. The second-order valence-corrected chi connectivity index (χ2v) is 19.8. The molecule has 0 aliphatic carbocycles. The zero-order chi connectivity index (χ0) is 49.7. The number of imidazole rings is 1. The zero-order valence-corrected chi connectivity index (χ0v) is 41.0. The van der Waals surface area contributed by atoms with E-state index in [2.05, 4.69) is 32.5 Å². The first-order valence-corrected chi connectivity index (χ1v) is 24.2. The summed E-state index contributed by atoms with van der Waals surface area (Å²) in [6.07, 6.45) is 5.39. The number of hydrogen-bond donors (Lipinski definition) is 3. The lowest BCUT2D eigenvalue weighted by Gasteiger charge is -2.36. The molecule has 8 rings (SSSR count). The number of rotatable bonds is 10. The van der Waals surface area contributed by atoms with Crippen LogP contribution in [0.15, 0.2) is 54.9 Å². The Labute approximate surface area is 408 Å². The van der Waals surface area contributed by atoms with Crippen LogP contribution >= 0.6 is 0 Å². The zero-order valence-electron chi connectivity index (χ0n) is 41.0. The number of nitrogens with zero attached hydrogens (tertiary/aromatic N) is 8. The van der Waals surface area contributed by atoms with Crippen molar-refractivity contribution < 1.29 is 43.4 Å². The molecule has 4 atom stereocenters. The average Bonchev–Trinajstić information content (AvgIpc) is 3.98. The first kappa shape index (κ1) is 49.9. The molecule has 19 heteroatoms. The van der Waals surface area contributed by atoms with Gasteiger partial charge in [0.25, 0.3) is 17.9 Å². The van der Waals surface area contributed by atoms with Crippen LogP contribution in [0.3, 0.4) is 0 Å². The van der Waals surface area contributed by atoms with E-state index in [1.54, 1.807) is 37.4 Å². The van der Waals surface area contributed by atoms with Gasteiger partial charge in [0.15, 0.2) is 6.04 Å². The number of aromatic hydroxyl groups is 1. The molecule has 0 saturated carbocycles. The highest BCUT2D eigenvalue weighted by Crippen LogP contribution is 2.35. The van der Waals surface area contributed by atoms with E-state index in [-0.39, 0.29) is 44.4 Å². The molecule has 3 saturated heterocycles. The fourth-order valence-electron chi connectivity index (χ4n) is 9.84. The van der Waals surface area contributed by atoms with Crippen molar-refractivity contribution in [2.45, 2.75) is 90.6 Å². The van der Waals surface area contributed by atoms with E-state index < -0.39 is 53.3 Å². The fraction of sp³-hybridized carbons (Fsp3) is 0.529. The van der Waals surface area contributed by atoms with Crippen LogP contribution < -0.4 is 10.7 Å². The second kappa shape index (κ2) is 21.7. The smallest absolute Gasteiger partial charge is 0.324 e. The number of ether oxygens (including phenoxy) is 3. The number of hydrazine groups is 2. The van der Waals surface area contributed by atoms with Gasteiger partial charge in [0, 0.05) is 69.5 Å². The summed E-state index contributed by atoms with van der Waals surface area (Å²) >= 11 is 0. The number of benzene rings is 1. The van der Waals surface area contributed by atoms with Crippen LogP contribution in [-0.2, 0) is 52.8 Å². The maximum absolute atomic E-state index is 14.7. The van der Waals surface area contributed by atoms with Crippen LogP contribution in [0, 0.1) is 28.1 Å². The Morgan fingerprint density at radius 3 is 2.66 bits per heavy atom. The number of morpholine rings is 1. The number of phenolic OH excluding ortho intramolecular Hbond substituents is 1. The second-order valence-electron chi connectivity index (χ2n) is 19.8. The highest BCUT2D eigenvalue weighted by atomic mass is 16.5. The van der Waals surface area contributed by atoms with Gasteiger partial charge in [0.1, 0.15) is 28.3 Å². The average molecular weight is 962 g/mol. The molecule has 3 fully saturated rings. The van der Waals surface area contributed by atoms with Crippen LogP contribution in [0.2, 0.25) is 0 Å². The lowest BCUT2D eigenvalue weighted by molar-refractivity contribution is -0.732. The number of nitrogens with one attached hydrogen (secondary N) is 2. The molecule has 0 spiro atoms. The van der Waals surface area contributed by atoms with Crippen molar-refractivity contribution >= 4 is 29.3 Å². The molecule has 3 aromatic heterocycles. The summed E-state index contributed by atoms with van der Waals surface area (Å²) in [5.41, 5.74) is 8.28. The van der Waals surface area contributed by atoms with Crippen molar-refractivity contribution in [3.05, 3.63) is 76.7 Å². The van der Waals surface area contributed by atoms with Crippen molar-refractivity contribution in [2.75, 3.05) is 73.2 Å². The third-order valence-corrected chi connectivity index (χ3v) is 13.5. The van der Waals surface area contributed by atoms with Crippen LogP contribution in [0.25, 0.3) is 28.0 Å². The predicted molar refractivity (Wildman–Crippen MR) is 258 cm³/mol. The van der Waals surface area contributed by atoms with E-state index in [1.807, 2.05) is 68.6 Å². The molecular formula is C51H65N10O9+. The van der Waals surface area contributed by atoms with Gasteiger partial charge >= 0.3 is 5.97 Å². The van der Waals surface area contributed by atoms with Crippen molar-refractivity contribution in [3.8, 4) is 40.0 Å². The molecular weight excluding hydrogens is 897 g/mol. The van der Waals surface area contributed by atoms with E-state index in [4.69, 9.17) is 19.2 Å². The number of likely N-dealkylation sites (tertiary alicyclic amines) is 1. The molecule has 3 N–H and O–H groups in total. The number of cyclic esters (lactones) is 1. The number of carbonyl (C=O) groups is 4. The summed E-state index contributed by atoms with van der Waals surface area (Å²) in [7, 11) is 3.16. The molecule has 4 aliphatic heterocycles. The largest absolute Gasteiger partial charge is 0.508 e. The number of amides is 3. The topological polar surface area (TPSA) is 203 Å². The Bertz CT molecular complexity index is 2670. The van der Waals surface area contributed by atoms with Crippen LogP contribution in [-0.4, -0.2) is 165 Å². The van der Waals surface area contributed by atoms with Gasteiger partial charge in [-0.25, -0.2) is 10.4 Å². The minimum Gasteiger partial charge on any atom is -0.508 e. The number of esters is 1. The van der Waals surface area contributed by atoms with Crippen molar-refractivity contribution in [1.29, 1.82) is 0 Å². The molecule has 7 heterocycles. The minimum atomic E-state index is -1.20. The third-order valence-electron chi connectivity index (χ3n) is 13.5. The number of fused-ring (bicyclic) bond motifs is 6. The lowest BCUT2D eigenvalue weighted by atomic mass is 9.87. The molecule has 4 aliphatic rings. The highest BCUT2D eigenvalue weighted by Gasteiger charge is 2.45. The lowest BCUT2D eigenvalue weighted by Crippen LogP contribution is -2.62. The molecule has 0 radical (unpaired) electrons. The molecule has 1 aromatic carbocycles. The van der Waals surface area contributed by atoms with Gasteiger partial charge in [-0.3, -0.25) is 34.1 Å². The van der Waals surface area contributed by atoms with Crippen LogP contribution in [0.1, 0.15) is 63.9 Å². The summed E-state index contributed by atoms with van der Waals surface area (Å²) < 4.78 is 18.9. The Kier molecular flexibility index (Phi) is 15.5. The maximum atomic E-state index is 14.7. The van der Waals surface area contributed by atoms with Crippen molar-refractivity contribution in [3.63, 3.8) is 0 Å². The van der Waals surface area contributed by atoms with E-state index in [0.29, 0.717) is 68.8 Å². The third kappa shape index (κ3) is 11.4. The Balaban J connectivity index is 1.08. The normalized spacial score (nSPS) is 21.4. The number of hydrogen-bond acceptors (Lipinski definition) is 13. The van der Waals surface area contributed by atoms with Gasteiger partial charge in [-0.05, 0) is 84.2 Å². The number of aromatic nitrogens is 3. The van der Waals surface area contributed by atoms with Crippen molar-refractivity contribution in [1.82, 2.24) is 44.9 Å².